The maximum absolute atomic E-state index is 8.84. The molecule has 1 aliphatic heterocycles. The number of furan rings is 1. The molecule has 7 heteroatoms. The van der Waals surface area contributed by atoms with Gasteiger partial charge in [0.1, 0.15) is 11.2 Å². The number of fused-ring (bicyclic) bond motifs is 3. The zero-order valence-electron chi connectivity index (χ0n) is 26.3. The lowest BCUT2D eigenvalue weighted by Gasteiger charge is -2.32. The normalized spacial score (nSPS) is 16.1. The smallest absolute Gasteiger partial charge is 0.456 e. The molecule has 6 nitrogen and oxygen atoms in total. The molecule has 226 valence electrons. The molecule has 0 unspecified atom stereocenters. The van der Waals surface area contributed by atoms with Crippen LogP contribution in [-0.4, -0.2) is 36.2 Å². The van der Waals surface area contributed by atoms with E-state index in [2.05, 4.69) is 45.9 Å². The van der Waals surface area contributed by atoms with Crippen LogP contribution in [-0.2, 0) is 9.31 Å². The van der Waals surface area contributed by atoms with Crippen molar-refractivity contribution in [3.63, 3.8) is 0 Å². The highest BCUT2D eigenvalue weighted by Crippen LogP contribution is 2.37. The van der Waals surface area contributed by atoms with Crippen LogP contribution in [0, 0.1) is 5.41 Å². The van der Waals surface area contributed by atoms with Gasteiger partial charge in [-0.3, -0.25) is 5.41 Å². The number of hydrogen-bond donors (Lipinski definition) is 1. The van der Waals surface area contributed by atoms with Gasteiger partial charge in [-0.05, 0) is 56.4 Å². The summed E-state index contributed by atoms with van der Waals surface area (Å²) in [6.07, 6.45) is 1.80. The Bertz CT molecular complexity index is 2100. The van der Waals surface area contributed by atoms with E-state index in [9.17, 15) is 0 Å². The van der Waals surface area contributed by atoms with E-state index < -0.39 is 18.3 Å². The summed E-state index contributed by atoms with van der Waals surface area (Å²) in [6, 6.07) is 39.8. The fourth-order valence-corrected chi connectivity index (χ4v) is 5.61. The van der Waals surface area contributed by atoms with Crippen molar-refractivity contribution in [3.05, 3.63) is 138 Å². The number of nitrogens with one attached hydrogen (secondary N) is 1. The van der Waals surface area contributed by atoms with E-state index in [4.69, 9.17) is 29.1 Å². The molecular weight excluding hydrogens is 569 g/mol. The lowest BCUT2D eigenvalue weighted by molar-refractivity contribution is 0.00578. The molecule has 5 aromatic carbocycles. The molecule has 0 amide bonds. The van der Waals surface area contributed by atoms with Gasteiger partial charge >= 0.3 is 7.12 Å². The molecule has 1 fully saturated rings. The zero-order chi connectivity index (χ0) is 31.9. The molecule has 0 spiro atoms. The van der Waals surface area contributed by atoms with E-state index in [1.807, 2.05) is 103 Å². The third-order valence-electron chi connectivity index (χ3n) is 8.92. The van der Waals surface area contributed by atoms with E-state index in [0.29, 0.717) is 11.4 Å². The largest absolute Gasteiger partial charge is 0.494 e. The van der Waals surface area contributed by atoms with Crippen LogP contribution in [0.5, 0.6) is 0 Å². The van der Waals surface area contributed by atoms with E-state index in [0.717, 1.165) is 49.7 Å². The van der Waals surface area contributed by atoms with Crippen LogP contribution in [0.4, 0.5) is 0 Å². The van der Waals surface area contributed by atoms with Crippen molar-refractivity contribution < 1.29 is 13.7 Å². The summed E-state index contributed by atoms with van der Waals surface area (Å²) >= 11 is 0. The molecule has 0 radical (unpaired) electrons. The number of amidine groups is 2. The van der Waals surface area contributed by atoms with Crippen molar-refractivity contribution in [2.24, 2.45) is 9.98 Å². The van der Waals surface area contributed by atoms with Crippen LogP contribution in [0.15, 0.2) is 136 Å². The highest BCUT2D eigenvalue weighted by Gasteiger charge is 2.51. The molecule has 1 N–H and O–H groups in total. The predicted molar refractivity (Wildman–Crippen MR) is 189 cm³/mol. The van der Waals surface area contributed by atoms with Crippen LogP contribution in [0.2, 0.25) is 0 Å². The Morgan fingerprint density at radius 1 is 0.674 bits per heavy atom. The Morgan fingerprint density at radius 3 is 2.02 bits per heavy atom. The molecule has 0 aliphatic carbocycles. The van der Waals surface area contributed by atoms with E-state index in [1.54, 1.807) is 6.21 Å². The lowest BCUT2D eigenvalue weighted by Crippen LogP contribution is -2.41. The molecule has 7 rings (SSSR count). The summed E-state index contributed by atoms with van der Waals surface area (Å²) in [6.45, 7) is 8.22. The summed E-state index contributed by atoms with van der Waals surface area (Å²) in [5.74, 6) is 0.579. The Hall–Kier alpha value is -5.11. The molecule has 0 saturated carbocycles. The van der Waals surface area contributed by atoms with Crippen molar-refractivity contribution in [1.82, 2.24) is 0 Å². The van der Waals surface area contributed by atoms with Crippen molar-refractivity contribution in [2.45, 2.75) is 38.9 Å². The molecule has 1 saturated heterocycles. The summed E-state index contributed by atoms with van der Waals surface area (Å²) in [7, 11) is -0.482. The Kier molecular flexibility index (Phi) is 7.51. The quantitative estimate of drug-likeness (QED) is 0.122. The molecule has 0 bridgehead atoms. The van der Waals surface area contributed by atoms with Gasteiger partial charge in [0, 0.05) is 33.7 Å². The van der Waals surface area contributed by atoms with Gasteiger partial charge in [-0.15, -0.1) is 0 Å². The first-order valence-electron chi connectivity index (χ1n) is 15.4. The summed E-state index contributed by atoms with van der Waals surface area (Å²) in [5, 5.41) is 10.7. The number of rotatable bonds is 5. The molecule has 46 heavy (non-hydrogen) atoms. The minimum absolute atomic E-state index is 0.134. The van der Waals surface area contributed by atoms with Crippen molar-refractivity contribution in [1.29, 1.82) is 5.41 Å². The standard InChI is InChI=1S/C39H34BN3O3/c1-38(2)39(3,4)46-40(45-38)31-22-23-33-32(24-31)35-30(16-11-17-34(35)44-33)25-42-37(29-14-9-6-10-15-29)43-36(41)28-20-18-27(19-21-28)26-12-7-5-8-13-26/h5-25,41H,1-4H3. The van der Waals surface area contributed by atoms with Crippen LogP contribution in [0.1, 0.15) is 44.4 Å². The predicted octanol–water partition coefficient (Wildman–Crippen LogP) is 8.44. The van der Waals surface area contributed by atoms with Crippen LogP contribution < -0.4 is 5.46 Å². The summed E-state index contributed by atoms with van der Waals surface area (Å²) in [5.41, 5.74) is 6.21. The lowest BCUT2D eigenvalue weighted by atomic mass is 9.78. The van der Waals surface area contributed by atoms with Crippen LogP contribution in [0.25, 0.3) is 33.1 Å². The maximum atomic E-state index is 8.84. The van der Waals surface area contributed by atoms with Gasteiger partial charge in [0.05, 0.1) is 11.2 Å². The highest BCUT2D eigenvalue weighted by molar-refractivity contribution is 6.62. The highest BCUT2D eigenvalue weighted by atomic mass is 16.7. The van der Waals surface area contributed by atoms with E-state index in [1.165, 1.54) is 0 Å². The molecule has 0 atom stereocenters. The second kappa shape index (κ2) is 11.7. The number of nitrogens with zero attached hydrogens (tertiary/aromatic N) is 2. The first-order chi connectivity index (χ1) is 22.2. The van der Waals surface area contributed by atoms with Crippen molar-refractivity contribution >= 4 is 52.4 Å². The maximum Gasteiger partial charge on any atom is 0.494 e. The van der Waals surface area contributed by atoms with Gasteiger partial charge in [0.2, 0.25) is 0 Å². The Balaban J connectivity index is 1.24. The minimum Gasteiger partial charge on any atom is -0.456 e. The van der Waals surface area contributed by atoms with Gasteiger partial charge in [0.25, 0.3) is 0 Å². The van der Waals surface area contributed by atoms with Gasteiger partial charge < -0.3 is 13.7 Å². The van der Waals surface area contributed by atoms with E-state index >= 15 is 0 Å². The van der Waals surface area contributed by atoms with Gasteiger partial charge in [-0.2, -0.15) is 0 Å². The summed E-state index contributed by atoms with van der Waals surface area (Å²) < 4.78 is 18.9. The Morgan fingerprint density at radius 2 is 1.33 bits per heavy atom. The van der Waals surface area contributed by atoms with Gasteiger partial charge in [-0.25, -0.2) is 9.98 Å². The van der Waals surface area contributed by atoms with Gasteiger partial charge in [0.15, 0.2) is 11.7 Å². The number of hydrogen-bond acceptors (Lipinski definition) is 4. The average molecular weight is 604 g/mol. The minimum atomic E-state index is -0.482. The number of aliphatic imine (C=N–C) groups is 2. The van der Waals surface area contributed by atoms with Crippen LogP contribution >= 0.6 is 0 Å². The third kappa shape index (κ3) is 5.60. The van der Waals surface area contributed by atoms with Crippen molar-refractivity contribution in [3.8, 4) is 11.1 Å². The molecule has 1 aromatic heterocycles. The van der Waals surface area contributed by atoms with Crippen molar-refractivity contribution in [2.75, 3.05) is 0 Å². The third-order valence-corrected chi connectivity index (χ3v) is 8.92. The molecular formula is C39H34BN3O3. The zero-order valence-corrected chi connectivity index (χ0v) is 26.3. The molecule has 6 aromatic rings. The fraction of sp³-hybridized carbons (Fsp3) is 0.154. The topological polar surface area (TPSA) is 80.2 Å². The Labute approximate surface area is 269 Å². The first kappa shape index (κ1) is 29.6. The second-order valence-electron chi connectivity index (χ2n) is 12.5. The monoisotopic (exact) mass is 603 g/mol. The average Bonchev–Trinajstić information content (AvgIpc) is 3.55. The fourth-order valence-electron chi connectivity index (χ4n) is 5.61. The van der Waals surface area contributed by atoms with Crippen LogP contribution in [0.3, 0.4) is 0 Å². The van der Waals surface area contributed by atoms with Gasteiger partial charge in [-0.1, -0.05) is 109 Å². The number of benzene rings is 5. The molecule has 1 aliphatic rings. The van der Waals surface area contributed by atoms with E-state index in [-0.39, 0.29) is 5.84 Å². The SMILES string of the molecule is CC1(C)OB(c2ccc3oc4cccc(C=NC(=NC(=N)c5ccc(-c6ccccc6)cc5)c5ccccc5)c4c3c2)OC1(C)C. The molecule has 2 heterocycles. The summed E-state index contributed by atoms with van der Waals surface area (Å²) in [4.78, 5) is 9.57. The second-order valence-corrected chi connectivity index (χ2v) is 12.5. The first-order valence-corrected chi connectivity index (χ1v) is 15.4.